The molecule has 0 radical (unpaired) electrons. The van der Waals surface area contributed by atoms with Crippen LogP contribution >= 0.6 is 0 Å². The molecule has 3 rings (SSSR count). The second-order valence-corrected chi connectivity index (χ2v) is 8.07. The monoisotopic (exact) mass is 380 g/mol. The van der Waals surface area contributed by atoms with Gasteiger partial charge in [0.25, 0.3) is 0 Å². The molecule has 2 aromatic carbocycles. The zero-order valence-electron chi connectivity index (χ0n) is 16.8. The van der Waals surface area contributed by atoms with Gasteiger partial charge in [0.05, 0.1) is 0 Å². The van der Waals surface area contributed by atoms with E-state index in [1.165, 1.54) is 69.4 Å². The number of rotatable bonds is 6. The van der Waals surface area contributed by atoms with Gasteiger partial charge in [-0.25, -0.2) is 8.78 Å². The summed E-state index contributed by atoms with van der Waals surface area (Å²) in [5, 5.41) is 0. The number of hydrogen-bond acceptors (Lipinski definition) is 0. The summed E-state index contributed by atoms with van der Waals surface area (Å²) in [5.41, 5.74) is 2.79. The van der Waals surface area contributed by atoms with E-state index in [4.69, 9.17) is 0 Å². The molecule has 28 heavy (non-hydrogen) atoms. The fourth-order valence-electron chi connectivity index (χ4n) is 4.20. The molecule has 1 aliphatic carbocycles. The third-order valence-electron chi connectivity index (χ3n) is 5.97. The SMILES string of the molecule is CCCCCC[C@H]1CC[C@H](c2ccc(C#Cc3ccc(F)c(F)c3)cc2)CC1. The van der Waals surface area contributed by atoms with Crippen molar-refractivity contribution in [3.63, 3.8) is 0 Å². The van der Waals surface area contributed by atoms with Crippen molar-refractivity contribution in [3.8, 4) is 11.8 Å². The minimum atomic E-state index is -0.858. The second-order valence-electron chi connectivity index (χ2n) is 8.07. The van der Waals surface area contributed by atoms with Crippen LogP contribution in [-0.2, 0) is 0 Å². The van der Waals surface area contributed by atoms with Crippen LogP contribution < -0.4 is 0 Å². The van der Waals surface area contributed by atoms with Crippen molar-refractivity contribution in [2.45, 2.75) is 70.6 Å². The molecule has 0 nitrogen and oxygen atoms in total. The van der Waals surface area contributed by atoms with Crippen molar-refractivity contribution in [2.75, 3.05) is 0 Å². The molecular formula is C26H30F2. The molecule has 0 N–H and O–H groups in total. The van der Waals surface area contributed by atoms with E-state index in [-0.39, 0.29) is 0 Å². The van der Waals surface area contributed by atoms with E-state index in [2.05, 4.69) is 30.9 Å². The van der Waals surface area contributed by atoms with Crippen LogP contribution in [0.15, 0.2) is 42.5 Å². The summed E-state index contributed by atoms with van der Waals surface area (Å²) in [6.45, 7) is 2.27. The predicted octanol–water partition coefficient (Wildman–Crippen LogP) is 7.61. The van der Waals surface area contributed by atoms with Crippen LogP contribution in [0.3, 0.4) is 0 Å². The van der Waals surface area contributed by atoms with E-state index in [0.717, 1.165) is 23.6 Å². The Kier molecular flexibility index (Phi) is 7.66. The lowest BCUT2D eigenvalue weighted by Gasteiger charge is -2.29. The van der Waals surface area contributed by atoms with Gasteiger partial charge >= 0.3 is 0 Å². The number of hydrogen-bond donors (Lipinski definition) is 0. The Labute approximate surface area is 168 Å². The van der Waals surface area contributed by atoms with Gasteiger partial charge < -0.3 is 0 Å². The van der Waals surface area contributed by atoms with Crippen molar-refractivity contribution in [2.24, 2.45) is 5.92 Å². The lowest BCUT2D eigenvalue weighted by molar-refractivity contribution is 0.302. The van der Waals surface area contributed by atoms with E-state index in [0.29, 0.717) is 11.5 Å². The summed E-state index contributed by atoms with van der Waals surface area (Å²) in [6, 6.07) is 12.2. The zero-order valence-corrected chi connectivity index (χ0v) is 16.8. The summed E-state index contributed by atoms with van der Waals surface area (Å²) in [6.07, 6.45) is 12.2. The Bertz CT molecular complexity index is 803. The van der Waals surface area contributed by atoms with Gasteiger partial charge in [-0.15, -0.1) is 0 Å². The van der Waals surface area contributed by atoms with E-state index >= 15 is 0 Å². The molecule has 0 bridgehead atoms. The molecule has 0 heterocycles. The molecule has 2 aromatic rings. The standard InChI is InChI=1S/C26H30F2/c1-2-3-4-5-6-20-9-14-23(15-10-20)24-16-11-21(12-17-24)7-8-22-13-18-25(27)26(28)19-22/h11-13,16-20,23H,2-6,9-10,14-15H2,1H3/t20-,23-. The lowest BCUT2D eigenvalue weighted by atomic mass is 9.77. The van der Waals surface area contributed by atoms with Crippen LogP contribution in [0.1, 0.15) is 87.3 Å². The third kappa shape index (κ3) is 5.93. The highest BCUT2D eigenvalue weighted by molar-refractivity contribution is 5.44. The van der Waals surface area contributed by atoms with Crippen LogP contribution in [0, 0.1) is 29.4 Å². The maximum absolute atomic E-state index is 13.3. The molecule has 0 aromatic heterocycles. The summed E-state index contributed by atoms with van der Waals surface area (Å²) in [5.74, 6) is 5.84. The molecule has 1 saturated carbocycles. The Morgan fingerprint density at radius 3 is 2.14 bits per heavy atom. The van der Waals surface area contributed by atoms with Crippen molar-refractivity contribution in [1.29, 1.82) is 0 Å². The highest BCUT2D eigenvalue weighted by Crippen LogP contribution is 2.37. The Hall–Kier alpha value is -2.14. The molecule has 148 valence electrons. The normalized spacial score (nSPS) is 19.1. The first-order valence-corrected chi connectivity index (χ1v) is 10.7. The maximum atomic E-state index is 13.3. The Morgan fingerprint density at radius 2 is 1.46 bits per heavy atom. The average Bonchev–Trinajstić information content (AvgIpc) is 2.73. The summed E-state index contributed by atoms with van der Waals surface area (Å²) >= 11 is 0. The molecule has 0 amide bonds. The summed E-state index contributed by atoms with van der Waals surface area (Å²) in [7, 11) is 0. The fraction of sp³-hybridized carbons (Fsp3) is 0.462. The van der Waals surface area contributed by atoms with Crippen LogP contribution in [0.25, 0.3) is 0 Å². The first-order chi connectivity index (χ1) is 13.7. The third-order valence-corrected chi connectivity index (χ3v) is 5.97. The van der Waals surface area contributed by atoms with Crippen LogP contribution in [0.2, 0.25) is 0 Å². The fourth-order valence-corrected chi connectivity index (χ4v) is 4.20. The van der Waals surface area contributed by atoms with Crippen molar-refractivity contribution < 1.29 is 8.78 Å². The molecular weight excluding hydrogens is 350 g/mol. The van der Waals surface area contributed by atoms with Crippen LogP contribution in [0.5, 0.6) is 0 Å². The molecule has 0 spiro atoms. The molecule has 0 atom stereocenters. The molecule has 0 saturated heterocycles. The van der Waals surface area contributed by atoms with Gasteiger partial charge in [-0.3, -0.25) is 0 Å². The van der Waals surface area contributed by atoms with E-state index in [9.17, 15) is 8.78 Å². The summed E-state index contributed by atoms with van der Waals surface area (Å²) < 4.78 is 26.2. The van der Waals surface area contributed by atoms with E-state index < -0.39 is 11.6 Å². The van der Waals surface area contributed by atoms with Crippen molar-refractivity contribution in [1.82, 2.24) is 0 Å². The molecule has 0 aliphatic heterocycles. The topological polar surface area (TPSA) is 0 Å². The predicted molar refractivity (Wildman–Crippen MR) is 112 cm³/mol. The minimum absolute atomic E-state index is 0.486. The smallest absolute Gasteiger partial charge is 0.160 e. The molecule has 1 aliphatic rings. The first kappa shape index (κ1) is 20.6. The quantitative estimate of drug-likeness (QED) is 0.357. The Balaban J connectivity index is 1.51. The highest BCUT2D eigenvalue weighted by Gasteiger charge is 2.21. The second kappa shape index (κ2) is 10.4. The average molecular weight is 381 g/mol. The van der Waals surface area contributed by atoms with E-state index in [1.54, 1.807) is 0 Å². The van der Waals surface area contributed by atoms with Crippen LogP contribution in [-0.4, -0.2) is 0 Å². The lowest BCUT2D eigenvalue weighted by Crippen LogP contribution is -2.13. The Morgan fingerprint density at radius 1 is 0.786 bits per heavy atom. The van der Waals surface area contributed by atoms with Gasteiger partial charge in [-0.1, -0.05) is 63.0 Å². The van der Waals surface area contributed by atoms with Crippen LogP contribution in [0.4, 0.5) is 8.78 Å². The number of halogens is 2. The molecule has 0 unspecified atom stereocenters. The summed E-state index contributed by atoms with van der Waals surface area (Å²) in [4.78, 5) is 0. The first-order valence-electron chi connectivity index (χ1n) is 10.7. The molecule has 1 fully saturated rings. The number of benzene rings is 2. The van der Waals surface area contributed by atoms with Crippen molar-refractivity contribution >= 4 is 0 Å². The highest BCUT2D eigenvalue weighted by atomic mass is 19.2. The van der Waals surface area contributed by atoms with Gasteiger partial charge in [-0.2, -0.15) is 0 Å². The minimum Gasteiger partial charge on any atom is -0.204 e. The van der Waals surface area contributed by atoms with E-state index in [1.807, 2.05) is 12.1 Å². The largest absolute Gasteiger partial charge is 0.204 e. The maximum Gasteiger partial charge on any atom is 0.160 e. The van der Waals surface area contributed by atoms with Crippen molar-refractivity contribution in [3.05, 3.63) is 70.8 Å². The number of unbranched alkanes of at least 4 members (excludes halogenated alkanes) is 3. The van der Waals surface area contributed by atoms with Gasteiger partial charge in [0.15, 0.2) is 11.6 Å². The zero-order chi connectivity index (χ0) is 19.8. The molecule has 2 heteroatoms. The van der Waals surface area contributed by atoms with Gasteiger partial charge in [0.2, 0.25) is 0 Å². The van der Waals surface area contributed by atoms with Gasteiger partial charge in [0, 0.05) is 11.1 Å². The van der Waals surface area contributed by atoms with Gasteiger partial charge in [-0.05, 0) is 73.4 Å². The van der Waals surface area contributed by atoms with Gasteiger partial charge in [0.1, 0.15) is 0 Å².